The van der Waals surface area contributed by atoms with Crippen molar-refractivity contribution in [2.45, 2.75) is 142 Å². The summed E-state index contributed by atoms with van der Waals surface area (Å²) in [6.07, 6.45) is 28.0. The molecule has 0 spiro atoms. The average Bonchev–Trinajstić information content (AvgIpc) is 2.83. The highest BCUT2D eigenvalue weighted by molar-refractivity contribution is 4.48. The van der Waals surface area contributed by atoms with Gasteiger partial charge in [0.2, 0.25) is 0 Å². The van der Waals surface area contributed by atoms with Gasteiger partial charge in [-0.05, 0) is 25.7 Å². The third kappa shape index (κ3) is 26.9. The molecule has 0 unspecified atom stereocenters. The van der Waals surface area contributed by atoms with E-state index in [0.29, 0.717) is 13.2 Å². The van der Waals surface area contributed by atoms with Crippen LogP contribution in [0.1, 0.15) is 142 Å². The van der Waals surface area contributed by atoms with Gasteiger partial charge in [-0.15, -0.1) is 0 Å². The molecule has 0 amide bonds. The van der Waals surface area contributed by atoms with Crippen molar-refractivity contribution in [3.63, 3.8) is 0 Å². The molecule has 0 aliphatic heterocycles. The lowest BCUT2D eigenvalue weighted by molar-refractivity contribution is -0.912. The first-order valence-corrected chi connectivity index (χ1v) is 16.1. The molecule has 0 aliphatic rings. The lowest BCUT2D eigenvalue weighted by Gasteiger charge is -2.30. The Morgan fingerprint density at radius 3 is 0.889 bits per heavy atom. The second-order valence-electron chi connectivity index (χ2n) is 12.8. The minimum atomic E-state index is 0.706. The molecule has 0 bridgehead atoms. The Bertz CT molecular complexity index is 400. The Kier molecular flexibility index (Phi) is 25.0. The first kappa shape index (κ1) is 35.8. The number of rotatable bonds is 29. The van der Waals surface area contributed by atoms with Crippen LogP contribution in [0.25, 0.3) is 0 Å². The number of ether oxygens (including phenoxy) is 2. The summed E-state index contributed by atoms with van der Waals surface area (Å²) in [4.78, 5) is 0. The molecule has 0 atom stereocenters. The third-order valence-corrected chi connectivity index (χ3v) is 7.49. The fraction of sp³-hybridized carbons (Fsp3) is 1.00. The summed E-state index contributed by atoms with van der Waals surface area (Å²) >= 11 is 0. The van der Waals surface area contributed by atoms with Crippen LogP contribution in [0, 0.1) is 0 Å². The van der Waals surface area contributed by atoms with Gasteiger partial charge in [0, 0.05) is 0 Å². The van der Waals surface area contributed by atoms with Gasteiger partial charge in [-0.1, -0.05) is 117 Å². The normalized spacial score (nSPS) is 12.5. The smallest absolute Gasteiger partial charge is 0.182 e. The summed E-state index contributed by atoms with van der Waals surface area (Å²) in [6.45, 7) is 9.99. The zero-order chi connectivity index (χ0) is 26.8. The van der Waals surface area contributed by atoms with Crippen molar-refractivity contribution < 1.29 is 18.4 Å². The molecule has 0 rings (SSSR count). The number of hydrogen-bond acceptors (Lipinski definition) is 2. The highest BCUT2D eigenvalue weighted by Crippen LogP contribution is 2.13. The van der Waals surface area contributed by atoms with E-state index < -0.39 is 0 Å². The lowest BCUT2D eigenvalue weighted by atomic mass is 10.1. The third-order valence-electron chi connectivity index (χ3n) is 7.49. The quantitative estimate of drug-likeness (QED) is 0.0563. The van der Waals surface area contributed by atoms with Gasteiger partial charge < -0.3 is 18.4 Å². The van der Waals surface area contributed by atoms with Crippen molar-refractivity contribution in [2.24, 2.45) is 0 Å². The van der Waals surface area contributed by atoms with E-state index in [4.69, 9.17) is 9.47 Å². The van der Waals surface area contributed by atoms with Gasteiger partial charge in [0.05, 0.1) is 54.5 Å². The van der Waals surface area contributed by atoms with Crippen LogP contribution in [0.4, 0.5) is 0 Å². The fourth-order valence-corrected chi connectivity index (χ4v) is 4.92. The first-order valence-electron chi connectivity index (χ1n) is 16.1. The predicted octanol–water partition coefficient (Wildman–Crippen LogP) is 8.93. The minimum Gasteiger partial charge on any atom is -0.329 e. The van der Waals surface area contributed by atoms with E-state index in [0.717, 1.165) is 22.4 Å². The summed E-state index contributed by atoms with van der Waals surface area (Å²) < 4.78 is 13.8. The van der Waals surface area contributed by atoms with Crippen molar-refractivity contribution in [1.82, 2.24) is 0 Å². The number of hydrogen-bond donors (Lipinski definition) is 0. The molecule has 0 aliphatic carbocycles. The van der Waals surface area contributed by atoms with E-state index in [1.807, 2.05) is 0 Å². The van der Waals surface area contributed by atoms with E-state index >= 15 is 0 Å². The molecule has 4 heteroatoms. The average molecular weight is 515 g/mol. The molecule has 0 fully saturated rings. The van der Waals surface area contributed by atoms with E-state index in [1.165, 1.54) is 142 Å². The van der Waals surface area contributed by atoms with Crippen molar-refractivity contribution in [1.29, 1.82) is 0 Å². The van der Waals surface area contributed by atoms with Gasteiger partial charge in [-0.2, -0.15) is 0 Å². The zero-order valence-electron chi connectivity index (χ0n) is 26.1. The monoisotopic (exact) mass is 515 g/mol. The molecule has 218 valence electrons. The van der Waals surface area contributed by atoms with Crippen molar-refractivity contribution >= 4 is 0 Å². The molecule has 0 aromatic carbocycles. The number of nitrogens with zero attached hydrogens (tertiary/aromatic N) is 2. The van der Waals surface area contributed by atoms with Crippen LogP contribution in [0.15, 0.2) is 0 Å². The van der Waals surface area contributed by atoms with Gasteiger partial charge in [-0.3, -0.25) is 0 Å². The molecule has 4 nitrogen and oxygen atoms in total. The maximum absolute atomic E-state index is 5.96. The summed E-state index contributed by atoms with van der Waals surface area (Å²) in [6, 6.07) is 0. The van der Waals surface area contributed by atoms with Crippen molar-refractivity contribution in [3.05, 3.63) is 0 Å². The van der Waals surface area contributed by atoms with E-state index in [-0.39, 0.29) is 0 Å². The van der Waals surface area contributed by atoms with Crippen LogP contribution in [-0.4, -0.2) is 76.9 Å². The molecule has 0 heterocycles. The maximum Gasteiger partial charge on any atom is 0.182 e. The van der Waals surface area contributed by atoms with Gasteiger partial charge in [0.25, 0.3) is 0 Å². The second kappa shape index (κ2) is 25.1. The summed E-state index contributed by atoms with van der Waals surface area (Å²) in [5, 5.41) is 0. The SMILES string of the molecule is CCCCCCCCCCCC[N+](C)(C)COCCOC[N+](C)(C)CCCCCCCCCCCC. The Morgan fingerprint density at radius 2 is 0.611 bits per heavy atom. The Morgan fingerprint density at radius 1 is 0.361 bits per heavy atom. The molecular formula is C32H70N2O2+2. The Balaban J connectivity index is 3.53. The van der Waals surface area contributed by atoms with Crippen molar-refractivity contribution in [3.8, 4) is 0 Å². The molecule has 0 aromatic heterocycles. The predicted molar refractivity (Wildman–Crippen MR) is 159 cm³/mol. The van der Waals surface area contributed by atoms with Gasteiger partial charge in [0.15, 0.2) is 13.5 Å². The summed E-state index contributed by atoms with van der Waals surface area (Å²) in [5.74, 6) is 0. The molecule has 0 aromatic rings. The first-order chi connectivity index (χ1) is 17.3. The van der Waals surface area contributed by atoms with Crippen LogP contribution in [0.3, 0.4) is 0 Å². The van der Waals surface area contributed by atoms with E-state index in [9.17, 15) is 0 Å². The zero-order valence-corrected chi connectivity index (χ0v) is 26.1. The standard InChI is InChI=1S/C32H70N2O2/c1-7-9-11-13-15-17-19-21-23-25-27-33(3,4)31-35-29-30-36-32-34(5,6)28-26-24-22-20-18-16-14-12-10-8-2/h7-32H2,1-6H3/q+2. The molecule has 0 saturated carbocycles. The minimum absolute atomic E-state index is 0.706. The molecule has 36 heavy (non-hydrogen) atoms. The second-order valence-corrected chi connectivity index (χ2v) is 12.8. The number of unbranched alkanes of at least 4 members (excludes halogenated alkanes) is 18. The van der Waals surface area contributed by atoms with Gasteiger partial charge >= 0.3 is 0 Å². The van der Waals surface area contributed by atoms with Crippen LogP contribution < -0.4 is 0 Å². The molecule has 0 radical (unpaired) electrons. The van der Waals surface area contributed by atoms with E-state index in [2.05, 4.69) is 42.0 Å². The topological polar surface area (TPSA) is 18.5 Å². The largest absolute Gasteiger partial charge is 0.329 e. The van der Waals surface area contributed by atoms with Gasteiger partial charge in [-0.25, -0.2) is 0 Å². The Hall–Kier alpha value is -0.160. The van der Waals surface area contributed by atoms with E-state index in [1.54, 1.807) is 0 Å². The summed E-state index contributed by atoms with van der Waals surface area (Å²) in [5.41, 5.74) is 0. The van der Waals surface area contributed by atoms with Gasteiger partial charge in [0.1, 0.15) is 0 Å². The Labute approximate surface area is 228 Å². The van der Waals surface area contributed by atoms with Crippen LogP contribution >= 0.6 is 0 Å². The molecule has 0 N–H and O–H groups in total. The molecule has 0 saturated heterocycles. The van der Waals surface area contributed by atoms with Crippen LogP contribution in [-0.2, 0) is 9.47 Å². The van der Waals surface area contributed by atoms with Crippen molar-refractivity contribution in [2.75, 3.05) is 68.0 Å². The molecular weight excluding hydrogens is 444 g/mol. The fourth-order valence-electron chi connectivity index (χ4n) is 4.92. The van der Waals surface area contributed by atoms with Crippen LogP contribution in [0.5, 0.6) is 0 Å². The summed E-state index contributed by atoms with van der Waals surface area (Å²) in [7, 11) is 9.17. The maximum atomic E-state index is 5.96. The highest BCUT2D eigenvalue weighted by Gasteiger charge is 2.16. The lowest BCUT2D eigenvalue weighted by Crippen LogP contribution is -2.43. The highest BCUT2D eigenvalue weighted by atomic mass is 16.5. The van der Waals surface area contributed by atoms with Crippen LogP contribution in [0.2, 0.25) is 0 Å². The number of quaternary nitrogens is 2.